The summed E-state index contributed by atoms with van der Waals surface area (Å²) in [5.74, 6) is 0.543. The maximum Gasteiger partial charge on any atom is 0.223 e. The number of aromatic nitrogens is 2. The minimum Gasteiger partial charge on any atom is -0.391 e. The molecule has 1 aromatic rings. The van der Waals surface area contributed by atoms with Crippen LogP contribution in [0.1, 0.15) is 26.3 Å². The van der Waals surface area contributed by atoms with Crippen LogP contribution in [-0.2, 0) is 0 Å². The zero-order valence-electron chi connectivity index (χ0n) is 9.07. The van der Waals surface area contributed by atoms with Gasteiger partial charge in [0.25, 0.3) is 0 Å². The number of aliphatic hydroxyl groups excluding tert-OH is 1. The number of hydrogen-bond acceptors (Lipinski definition) is 4. The standard InChI is InChI=1S/C10H17N3O/c1-7-5-11-9(12-6-7)13-10(3,4)8(2)14/h5-6,8,14H,1-4H3,(H,11,12,13). The highest BCUT2D eigenvalue weighted by Gasteiger charge is 2.24. The van der Waals surface area contributed by atoms with Crippen LogP contribution in [0, 0.1) is 6.92 Å². The van der Waals surface area contributed by atoms with Crippen molar-refractivity contribution < 1.29 is 5.11 Å². The summed E-state index contributed by atoms with van der Waals surface area (Å²) in [6, 6.07) is 0. The van der Waals surface area contributed by atoms with Gasteiger partial charge < -0.3 is 10.4 Å². The maximum absolute atomic E-state index is 9.48. The van der Waals surface area contributed by atoms with Crippen molar-refractivity contribution in [2.45, 2.75) is 39.3 Å². The average molecular weight is 195 g/mol. The van der Waals surface area contributed by atoms with Crippen LogP contribution >= 0.6 is 0 Å². The lowest BCUT2D eigenvalue weighted by Crippen LogP contribution is -2.42. The molecule has 1 atom stereocenters. The predicted octanol–water partition coefficient (Wildman–Crippen LogP) is 1.36. The first-order valence-electron chi connectivity index (χ1n) is 4.67. The molecule has 0 saturated carbocycles. The number of aliphatic hydroxyl groups is 1. The van der Waals surface area contributed by atoms with E-state index in [1.165, 1.54) is 0 Å². The van der Waals surface area contributed by atoms with Crippen molar-refractivity contribution in [3.63, 3.8) is 0 Å². The van der Waals surface area contributed by atoms with Crippen LogP contribution < -0.4 is 5.32 Å². The van der Waals surface area contributed by atoms with E-state index in [-0.39, 0.29) is 0 Å². The largest absolute Gasteiger partial charge is 0.391 e. The summed E-state index contributed by atoms with van der Waals surface area (Å²) >= 11 is 0. The van der Waals surface area contributed by atoms with Crippen LogP contribution in [-0.4, -0.2) is 26.7 Å². The Bertz CT molecular complexity index is 293. The second-order valence-electron chi connectivity index (χ2n) is 4.11. The monoisotopic (exact) mass is 195 g/mol. The van der Waals surface area contributed by atoms with Crippen molar-refractivity contribution in [3.8, 4) is 0 Å². The van der Waals surface area contributed by atoms with Crippen molar-refractivity contribution in [2.24, 2.45) is 0 Å². The van der Waals surface area contributed by atoms with E-state index >= 15 is 0 Å². The first-order chi connectivity index (χ1) is 6.42. The van der Waals surface area contributed by atoms with Crippen LogP contribution in [0.3, 0.4) is 0 Å². The minimum absolute atomic E-state index is 0.421. The van der Waals surface area contributed by atoms with Crippen LogP contribution in [0.15, 0.2) is 12.4 Å². The van der Waals surface area contributed by atoms with Gasteiger partial charge in [0.15, 0.2) is 0 Å². The lowest BCUT2D eigenvalue weighted by molar-refractivity contribution is 0.132. The summed E-state index contributed by atoms with van der Waals surface area (Å²) in [5, 5.41) is 12.6. The molecular formula is C10H17N3O. The summed E-state index contributed by atoms with van der Waals surface area (Å²) in [5.41, 5.74) is 0.598. The van der Waals surface area contributed by atoms with Crippen LogP contribution in [0.4, 0.5) is 5.95 Å². The smallest absolute Gasteiger partial charge is 0.223 e. The molecule has 1 heterocycles. The number of hydrogen-bond donors (Lipinski definition) is 2. The minimum atomic E-state index is -0.465. The molecule has 1 aromatic heterocycles. The SMILES string of the molecule is Cc1cnc(NC(C)(C)C(C)O)nc1. The van der Waals surface area contributed by atoms with Gasteiger partial charge >= 0.3 is 0 Å². The van der Waals surface area contributed by atoms with E-state index in [2.05, 4.69) is 15.3 Å². The van der Waals surface area contributed by atoms with Gasteiger partial charge in [-0.3, -0.25) is 0 Å². The molecule has 0 aliphatic heterocycles. The van der Waals surface area contributed by atoms with Crippen molar-refractivity contribution in [2.75, 3.05) is 5.32 Å². The van der Waals surface area contributed by atoms with Crippen molar-refractivity contribution in [3.05, 3.63) is 18.0 Å². The summed E-state index contributed by atoms with van der Waals surface area (Å²) in [4.78, 5) is 8.23. The fourth-order valence-corrected chi connectivity index (χ4v) is 0.850. The van der Waals surface area contributed by atoms with Crippen molar-refractivity contribution in [1.82, 2.24) is 9.97 Å². The fourth-order valence-electron chi connectivity index (χ4n) is 0.850. The summed E-state index contributed by atoms with van der Waals surface area (Å²) in [7, 11) is 0. The summed E-state index contributed by atoms with van der Waals surface area (Å²) in [6.45, 7) is 7.48. The highest BCUT2D eigenvalue weighted by Crippen LogP contribution is 2.14. The molecule has 4 nitrogen and oxygen atoms in total. The van der Waals surface area contributed by atoms with Gasteiger partial charge in [-0.25, -0.2) is 9.97 Å². The zero-order valence-corrected chi connectivity index (χ0v) is 9.07. The third kappa shape index (κ3) is 2.67. The average Bonchev–Trinajstić information content (AvgIpc) is 2.08. The molecule has 0 aliphatic rings. The van der Waals surface area contributed by atoms with Gasteiger partial charge in [0.2, 0.25) is 5.95 Å². The van der Waals surface area contributed by atoms with Gasteiger partial charge in [-0.05, 0) is 33.3 Å². The van der Waals surface area contributed by atoms with Crippen molar-refractivity contribution in [1.29, 1.82) is 0 Å². The summed E-state index contributed by atoms with van der Waals surface area (Å²) in [6.07, 6.45) is 3.02. The van der Waals surface area contributed by atoms with E-state index in [0.717, 1.165) is 5.56 Å². The quantitative estimate of drug-likeness (QED) is 0.764. The highest BCUT2D eigenvalue weighted by molar-refractivity contribution is 5.29. The molecule has 0 aromatic carbocycles. The van der Waals surface area contributed by atoms with Crippen LogP contribution in [0.5, 0.6) is 0 Å². The van der Waals surface area contributed by atoms with E-state index < -0.39 is 11.6 Å². The third-order valence-corrected chi connectivity index (χ3v) is 2.26. The van der Waals surface area contributed by atoms with Gasteiger partial charge in [0, 0.05) is 12.4 Å². The van der Waals surface area contributed by atoms with Crippen LogP contribution in [0.25, 0.3) is 0 Å². The molecule has 0 bridgehead atoms. The zero-order chi connectivity index (χ0) is 10.8. The Morgan fingerprint density at radius 1 is 1.36 bits per heavy atom. The van der Waals surface area contributed by atoms with E-state index in [4.69, 9.17) is 0 Å². The lowest BCUT2D eigenvalue weighted by Gasteiger charge is -2.29. The van der Waals surface area contributed by atoms with Gasteiger partial charge in [0.05, 0.1) is 11.6 Å². The first-order valence-corrected chi connectivity index (χ1v) is 4.67. The normalized spacial score (nSPS) is 13.8. The van der Waals surface area contributed by atoms with Gasteiger partial charge in [-0.15, -0.1) is 0 Å². The number of aryl methyl sites for hydroxylation is 1. The van der Waals surface area contributed by atoms with Crippen molar-refractivity contribution >= 4 is 5.95 Å². The van der Waals surface area contributed by atoms with Gasteiger partial charge in [0.1, 0.15) is 0 Å². The number of nitrogens with one attached hydrogen (secondary N) is 1. The Morgan fingerprint density at radius 2 is 1.86 bits per heavy atom. The van der Waals surface area contributed by atoms with E-state index in [1.54, 1.807) is 19.3 Å². The number of anilines is 1. The molecule has 1 rings (SSSR count). The molecule has 0 saturated heterocycles. The van der Waals surface area contributed by atoms with Gasteiger partial charge in [-0.1, -0.05) is 0 Å². The highest BCUT2D eigenvalue weighted by atomic mass is 16.3. The number of rotatable bonds is 3. The molecule has 14 heavy (non-hydrogen) atoms. The Kier molecular flexibility index (Phi) is 3.06. The Labute approximate surface area is 84.4 Å². The molecule has 0 aliphatic carbocycles. The van der Waals surface area contributed by atoms with E-state index in [0.29, 0.717) is 5.95 Å². The maximum atomic E-state index is 9.48. The topological polar surface area (TPSA) is 58.0 Å². The summed E-state index contributed by atoms with van der Waals surface area (Å²) < 4.78 is 0. The Morgan fingerprint density at radius 3 is 2.29 bits per heavy atom. The molecule has 78 valence electrons. The second kappa shape index (κ2) is 3.92. The Hall–Kier alpha value is -1.16. The third-order valence-electron chi connectivity index (χ3n) is 2.26. The molecular weight excluding hydrogens is 178 g/mol. The lowest BCUT2D eigenvalue weighted by atomic mass is 9.99. The molecule has 0 amide bonds. The van der Waals surface area contributed by atoms with E-state index in [9.17, 15) is 5.11 Å². The molecule has 1 unspecified atom stereocenters. The molecule has 4 heteroatoms. The van der Waals surface area contributed by atoms with Crippen LogP contribution in [0.2, 0.25) is 0 Å². The molecule has 0 fully saturated rings. The predicted molar refractivity (Wildman–Crippen MR) is 56.2 cm³/mol. The van der Waals surface area contributed by atoms with E-state index in [1.807, 2.05) is 20.8 Å². The second-order valence-corrected chi connectivity index (χ2v) is 4.11. The Balaban J connectivity index is 2.74. The van der Waals surface area contributed by atoms with Gasteiger partial charge in [-0.2, -0.15) is 0 Å². The molecule has 0 spiro atoms. The first kappa shape index (κ1) is 10.9. The fraction of sp³-hybridized carbons (Fsp3) is 0.600. The molecule has 2 N–H and O–H groups in total. The number of nitrogens with zero attached hydrogens (tertiary/aromatic N) is 2. The molecule has 0 radical (unpaired) electrons.